The molecule has 0 atom stereocenters. The van der Waals surface area contributed by atoms with Crippen LogP contribution in [0.25, 0.3) is 6.08 Å². The summed E-state index contributed by atoms with van der Waals surface area (Å²) >= 11 is 0. The van der Waals surface area contributed by atoms with Gasteiger partial charge in [0.25, 0.3) is 0 Å². The van der Waals surface area contributed by atoms with Gasteiger partial charge < -0.3 is 9.84 Å². The van der Waals surface area contributed by atoms with Crippen LogP contribution in [0.15, 0.2) is 30.3 Å². The van der Waals surface area contributed by atoms with Crippen molar-refractivity contribution >= 4 is 6.08 Å². The zero-order valence-corrected chi connectivity index (χ0v) is 7.03. The first-order chi connectivity index (χ1) is 5.86. The number of aliphatic hydroxyl groups excluding tert-OH is 1. The number of aliphatic hydroxyl groups is 1. The van der Waals surface area contributed by atoms with Gasteiger partial charge in [0.2, 0.25) is 0 Å². The number of rotatable bonds is 3. The Kier molecular flexibility index (Phi) is 3.35. The van der Waals surface area contributed by atoms with Crippen LogP contribution in [0.5, 0.6) is 5.75 Å². The maximum absolute atomic E-state index is 8.54. The quantitative estimate of drug-likeness (QED) is 0.736. The standard InChI is InChI=1S/C10H12O2/c1-12-10-6-2-4-9(8-10)5-3-7-11/h2-6,8,11H,7H2,1H3/b5-3+. The molecule has 0 aliphatic carbocycles. The minimum atomic E-state index is 0.0667. The van der Waals surface area contributed by atoms with E-state index in [4.69, 9.17) is 9.84 Å². The summed E-state index contributed by atoms with van der Waals surface area (Å²) in [5, 5.41) is 8.54. The summed E-state index contributed by atoms with van der Waals surface area (Å²) in [5.74, 6) is 0.829. The lowest BCUT2D eigenvalue weighted by atomic mass is 10.2. The third-order valence-electron chi connectivity index (χ3n) is 1.51. The molecule has 1 rings (SSSR count). The second-order valence-electron chi connectivity index (χ2n) is 2.36. The lowest BCUT2D eigenvalue weighted by molar-refractivity contribution is 0.343. The third-order valence-corrected chi connectivity index (χ3v) is 1.51. The lowest BCUT2D eigenvalue weighted by Crippen LogP contribution is -1.82. The molecule has 0 bridgehead atoms. The van der Waals surface area contributed by atoms with Crippen LogP contribution in [0.2, 0.25) is 0 Å². The van der Waals surface area contributed by atoms with Gasteiger partial charge in [0.05, 0.1) is 13.7 Å². The summed E-state index contributed by atoms with van der Waals surface area (Å²) in [6, 6.07) is 7.66. The molecule has 12 heavy (non-hydrogen) atoms. The summed E-state index contributed by atoms with van der Waals surface area (Å²) < 4.78 is 5.04. The molecule has 2 nitrogen and oxygen atoms in total. The summed E-state index contributed by atoms with van der Waals surface area (Å²) in [6.07, 6.45) is 3.54. The fourth-order valence-corrected chi connectivity index (χ4v) is 0.934. The summed E-state index contributed by atoms with van der Waals surface area (Å²) in [7, 11) is 1.63. The highest BCUT2D eigenvalue weighted by Crippen LogP contribution is 2.13. The SMILES string of the molecule is COc1cccc(/C=C/CO)c1. The number of methoxy groups -OCH3 is 1. The first kappa shape index (κ1) is 8.81. The molecule has 0 heterocycles. The van der Waals surface area contributed by atoms with Gasteiger partial charge in [0.15, 0.2) is 0 Å². The van der Waals surface area contributed by atoms with Crippen molar-refractivity contribution < 1.29 is 9.84 Å². The maximum Gasteiger partial charge on any atom is 0.119 e. The fraction of sp³-hybridized carbons (Fsp3) is 0.200. The van der Waals surface area contributed by atoms with Gasteiger partial charge in [0, 0.05) is 0 Å². The molecule has 0 aliphatic rings. The van der Waals surface area contributed by atoms with E-state index in [0.29, 0.717) is 0 Å². The highest BCUT2D eigenvalue weighted by atomic mass is 16.5. The Morgan fingerprint density at radius 1 is 1.50 bits per heavy atom. The van der Waals surface area contributed by atoms with Crippen LogP contribution >= 0.6 is 0 Å². The van der Waals surface area contributed by atoms with Gasteiger partial charge in [-0.05, 0) is 17.7 Å². The lowest BCUT2D eigenvalue weighted by Gasteiger charge is -1.99. The van der Waals surface area contributed by atoms with Crippen molar-refractivity contribution in [3.05, 3.63) is 35.9 Å². The molecule has 2 heteroatoms. The van der Waals surface area contributed by atoms with Gasteiger partial charge in [-0.2, -0.15) is 0 Å². The molecule has 1 N–H and O–H groups in total. The first-order valence-electron chi connectivity index (χ1n) is 3.78. The maximum atomic E-state index is 8.54. The summed E-state index contributed by atoms with van der Waals surface area (Å²) in [4.78, 5) is 0. The Labute approximate surface area is 72.1 Å². The predicted octanol–water partition coefficient (Wildman–Crippen LogP) is 1.70. The predicted molar refractivity (Wildman–Crippen MR) is 49.1 cm³/mol. The van der Waals surface area contributed by atoms with Crippen LogP contribution in [-0.2, 0) is 0 Å². The van der Waals surface area contributed by atoms with Crippen molar-refractivity contribution in [3.63, 3.8) is 0 Å². The summed E-state index contributed by atoms with van der Waals surface area (Å²) in [6.45, 7) is 0.0667. The van der Waals surface area contributed by atoms with Crippen LogP contribution in [0.4, 0.5) is 0 Å². The average molecular weight is 164 g/mol. The van der Waals surface area contributed by atoms with Crippen LogP contribution in [0.1, 0.15) is 5.56 Å². The Morgan fingerprint density at radius 2 is 2.33 bits per heavy atom. The van der Waals surface area contributed by atoms with Crippen molar-refractivity contribution in [2.45, 2.75) is 0 Å². The van der Waals surface area contributed by atoms with Gasteiger partial charge >= 0.3 is 0 Å². The van der Waals surface area contributed by atoms with E-state index < -0.39 is 0 Å². The van der Waals surface area contributed by atoms with Crippen LogP contribution < -0.4 is 4.74 Å². The van der Waals surface area contributed by atoms with E-state index >= 15 is 0 Å². The Balaban J connectivity index is 2.79. The molecule has 0 radical (unpaired) electrons. The van der Waals surface area contributed by atoms with Crippen molar-refractivity contribution in [2.24, 2.45) is 0 Å². The van der Waals surface area contributed by atoms with Crippen molar-refractivity contribution in [1.29, 1.82) is 0 Å². The Hall–Kier alpha value is -1.28. The fourth-order valence-electron chi connectivity index (χ4n) is 0.934. The topological polar surface area (TPSA) is 29.5 Å². The molecule has 0 aromatic heterocycles. The zero-order valence-electron chi connectivity index (χ0n) is 7.03. The van der Waals surface area contributed by atoms with Crippen molar-refractivity contribution in [3.8, 4) is 5.75 Å². The smallest absolute Gasteiger partial charge is 0.119 e. The van der Waals surface area contributed by atoms with Gasteiger partial charge in [-0.1, -0.05) is 24.3 Å². The van der Waals surface area contributed by atoms with E-state index in [1.165, 1.54) is 0 Å². The van der Waals surface area contributed by atoms with Gasteiger partial charge in [-0.15, -0.1) is 0 Å². The average Bonchev–Trinajstić information content (AvgIpc) is 2.15. The van der Waals surface area contributed by atoms with E-state index in [0.717, 1.165) is 11.3 Å². The molecule has 0 saturated heterocycles. The van der Waals surface area contributed by atoms with Crippen LogP contribution in [-0.4, -0.2) is 18.8 Å². The molecule has 0 saturated carbocycles. The number of hydrogen-bond donors (Lipinski definition) is 1. The molecule has 0 fully saturated rings. The zero-order chi connectivity index (χ0) is 8.81. The molecule has 0 amide bonds. The largest absolute Gasteiger partial charge is 0.497 e. The Morgan fingerprint density at radius 3 is 3.00 bits per heavy atom. The second-order valence-corrected chi connectivity index (χ2v) is 2.36. The van der Waals surface area contributed by atoms with E-state index in [9.17, 15) is 0 Å². The molecule has 0 spiro atoms. The first-order valence-corrected chi connectivity index (χ1v) is 3.78. The van der Waals surface area contributed by atoms with Crippen molar-refractivity contribution in [1.82, 2.24) is 0 Å². The van der Waals surface area contributed by atoms with E-state index in [-0.39, 0.29) is 6.61 Å². The molecular formula is C10H12O2. The van der Waals surface area contributed by atoms with Crippen LogP contribution in [0.3, 0.4) is 0 Å². The number of ether oxygens (including phenoxy) is 1. The highest BCUT2D eigenvalue weighted by molar-refractivity contribution is 5.51. The molecule has 64 valence electrons. The second kappa shape index (κ2) is 4.57. The monoisotopic (exact) mass is 164 g/mol. The minimum absolute atomic E-state index is 0.0667. The van der Waals surface area contributed by atoms with E-state index in [1.807, 2.05) is 30.3 Å². The van der Waals surface area contributed by atoms with E-state index in [2.05, 4.69) is 0 Å². The van der Waals surface area contributed by atoms with E-state index in [1.54, 1.807) is 13.2 Å². The number of benzene rings is 1. The van der Waals surface area contributed by atoms with Gasteiger partial charge in [0.1, 0.15) is 5.75 Å². The Bertz CT molecular complexity index is 266. The minimum Gasteiger partial charge on any atom is -0.497 e. The van der Waals surface area contributed by atoms with Gasteiger partial charge in [-0.25, -0.2) is 0 Å². The molecule has 0 unspecified atom stereocenters. The molecule has 0 aliphatic heterocycles. The number of hydrogen-bond acceptors (Lipinski definition) is 2. The normalized spacial score (nSPS) is 10.5. The molecule has 1 aromatic carbocycles. The summed E-state index contributed by atoms with van der Waals surface area (Å²) in [5.41, 5.74) is 1.03. The van der Waals surface area contributed by atoms with Crippen molar-refractivity contribution in [2.75, 3.05) is 13.7 Å². The molecular weight excluding hydrogens is 152 g/mol. The highest BCUT2D eigenvalue weighted by Gasteiger charge is 1.89. The van der Waals surface area contributed by atoms with Gasteiger partial charge in [-0.3, -0.25) is 0 Å². The third kappa shape index (κ3) is 2.40. The molecule has 1 aromatic rings. The van der Waals surface area contributed by atoms with Crippen LogP contribution in [0, 0.1) is 0 Å².